The third kappa shape index (κ3) is 1.05. The van der Waals surface area contributed by atoms with Crippen LogP contribution in [0, 0.1) is 16.7 Å². The Hall–Kier alpha value is -0.870. The number of ether oxygens (including phenoxy) is 1. The fourth-order valence-electron chi connectivity index (χ4n) is 5.97. The normalized spacial score (nSPS) is 56.1. The molecule has 0 aromatic heterocycles. The minimum Gasteiger partial charge on any atom is -0.462 e. The average Bonchev–Trinajstić information content (AvgIpc) is 2.72. The van der Waals surface area contributed by atoms with Gasteiger partial charge < -0.3 is 14.9 Å². The highest BCUT2D eigenvalue weighted by Crippen LogP contribution is 2.87. The zero-order valence-electron chi connectivity index (χ0n) is 11.2. The first kappa shape index (κ1) is 11.9. The Labute approximate surface area is 112 Å². The molecule has 4 heteroatoms. The summed E-state index contributed by atoms with van der Waals surface area (Å²) in [5.74, 6) is 0.0566. The maximum atomic E-state index is 11.5. The van der Waals surface area contributed by atoms with Crippen LogP contribution in [0.25, 0.3) is 0 Å². The molecule has 0 heterocycles. The highest BCUT2D eigenvalue weighted by molar-refractivity contribution is 5.86. The second kappa shape index (κ2) is 2.91. The van der Waals surface area contributed by atoms with Crippen molar-refractivity contribution >= 4 is 5.97 Å². The molecule has 0 saturated heterocycles. The van der Waals surface area contributed by atoms with Crippen LogP contribution in [0.15, 0.2) is 12.2 Å². The largest absolute Gasteiger partial charge is 0.462 e. The van der Waals surface area contributed by atoms with Crippen LogP contribution in [0.1, 0.15) is 39.0 Å². The van der Waals surface area contributed by atoms with E-state index in [4.69, 9.17) is 4.74 Å². The molecular formula is C15H20O4. The molecule has 4 nitrogen and oxygen atoms in total. The molecular weight excluding hydrogens is 244 g/mol. The van der Waals surface area contributed by atoms with Crippen molar-refractivity contribution < 1.29 is 19.7 Å². The van der Waals surface area contributed by atoms with Crippen LogP contribution in [0.3, 0.4) is 0 Å². The molecule has 0 aliphatic heterocycles. The van der Waals surface area contributed by atoms with Crippen molar-refractivity contribution in [1.29, 1.82) is 0 Å². The molecule has 4 saturated carbocycles. The molecule has 0 aromatic carbocycles. The van der Waals surface area contributed by atoms with Crippen molar-refractivity contribution in [3.05, 3.63) is 12.2 Å². The summed E-state index contributed by atoms with van der Waals surface area (Å²) < 4.78 is 5.34. The van der Waals surface area contributed by atoms with Gasteiger partial charge in [-0.2, -0.15) is 0 Å². The molecule has 2 bridgehead atoms. The van der Waals surface area contributed by atoms with E-state index in [1.807, 2.05) is 0 Å². The smallest absolute Gasteiger partial charge is 0.333 e. The van der Waals surface area contributed by atoms with Gasteiger partial charge in [-0.15, -0.1) is 0 Å². The quantitative estimate of drug-likeness (QED) is 0.593. The van der Waals surface area contributed by atoms with Crippen LogP contribution in [-0.2, 0) is 9.53 Å². The number of hydrogen-bond donors (Lipinski definition) is 2. The van der Waals surface area contributed by atoms with Crippen LogP contribution in [0.4, 0.5) is 0 Å². The van der Waals surface area contributed by atoms with Crippen LogP contribution in [0.2, 0.25) is 0 Å². The molecule has 1 spiro atoms. The SMILES string of the molecule is C=C(C)C(=O)OCC12CC3CC4(O)CC(O)(C1)C34C2. The molecule has 5 unspecified atom stereocenters. The highest BCUT2D eigenvalue weighted by Gasteiger charge is 2.90. The molecule has 4 rings (SSSR count). The summed E-state index contributed by atoms with van der Waals surface area (Å²) in [5.41, 5.74) is -1.34. The lowest BCUT2D eigenvalue weighted by molar-refractivity contribution is -0.373. The standard InChI is InChI=1S/C15H20O4/c1-9(2)11(16)19-8-12-3-10-4-13(17)7-14(18,5-12)15(10,13)6-12/h10,17-18H,1,3-8H2,2H3. The topological polar surface area (TPSA) is 66.8 Å². The first-order chi connectivity index (χ1) is 8.76. The predicted octanol–water partition coefficient (Wildman–Crippen LogP) is 1.16. The van der Waals surface area contributed by atoms with Crippen LogP contribution < -0.4 is 0 Å². The lowest BCUT2D eigenvalue weighted by Gasteiger charge is -2.75. The first-order valence-corrected chi connectivity index (χ1v) is 7.03. The Balaban J connectivity index is 1.56. The molecule has 19 heavy (non-hydrogen) atoms. The van der Waals surface area contributed by atoms with Crippen molar-refractivity contribution in [2.45, 2.75) is 50.2 Å². The van der Waals surface area contributed by atoms with Gasteiger partial charge in [0.2, 0.25) is 0 Å². The van der Waals surface area contributed by atoms with Gasteiger partial charge in [-0.05, 0) is 38.5 Å². The van der Waals surface area contributed by atoms with E-state index in [0.29, 0.717) is 30.9 Å². The highest BCUT2D eigenvalue weighted by atomic mass is 16.5. The second-order valence-corrected chi connectivity index (χ2v) is 7.53. The number of fused-ring (bicyclic) bond motifs is 1. The van der Waals surface area contributed by atoms with Gasteiger partial charge in [-0.1, -0.05) is 6.58 Å². The summed E-state index contributed by atoms with van der Waals surface area (Å²) >= 11 is 0. The van der Waals surface area contributed by atoms with Crippen LogP contribution in [-0.4, -0.2) is 34.0 Å². The van der Waals surface area contributed by atoms with E-state index in [2.05, 4.69) is 6.58 Å². The molecule has 0 aromatic rings. The zero-order valence-corrected chi connectivity index (χ0v) is 11.2. The van der Waals surface area contributed by atoms with Gasteiger partial charge >= 0.3 is 5.97 Å². The van der Waals surface area contributed by atoms with E-state index < -0.39 is 11.2 Å². The lowest BCUT2D eigenvalue weighted by atomic mass is 9.33. The molecule has 4 fully saturated rings. The third-order valence-electron chi connectivity index (χ3n) is 6.39. The number of esters is 1. The molecule has 104 valence electrons. The number of carbonyl (C=O) groups excluding carboxylic acids is 1. The molecule has 2 N–H and O–H groups in total. The van der Waals surface area contributed by atoms with E-state index >= 15 is 0 Å². The summed E-state index contributed by atoms with van der Waals surface area (Å²) in [6.45, 7) is 5.58. The fourth-order valence-corrected chi connectivity index (χ4v) is 5.97. The number of hydrogen-bond acceptors (Lipinski definition) is 4. The summed E-state index contributed by atoms with van der Waals surface area (Å²) in [4.78, 5) is 11.5. The van der Waals surface area contributed by atoms with Crippen molar-refractivity contribution in [3.8, 4) is 0 Å². The van der Waals surface area contributed by atoms with Crippen LogP contribution in [0.5, 0.6) is 0 Å². The van der Waals surface area contributed by atoms with Gasteiger partial charge in [0.05, 0.1) is 17.8 Å². The summed E-state index contributed by atoms with van der Waals surface area (Å²) in [7, 11) is 0. The molecule has 4 aliphatic rings. The predicted molar refractivity (Wildman–Crippen MR) is 67.1 cm³/mol. The molecule has 0 amide bonds. The van der Waals surface area contributed by atoms with Crippen molar-refractivity contribution in [2.75, 3.05) is 6.61 Å². The Bertz CT molecular complexity index is 514. The van der Waals surface area contributed by atoms with Crippen LogP contribution >= 0.6 is 0 Å². The number of rotatable bonds is 3. The van der Waals surface area contributed by atoms with E-state index in [0.717, 1.165) is 19.3 Å². The van der Waals surface area contributed by atoms with Gasteiger partial charge in [0, 0.05) is 22.8 Å². The Morgan fingerprint density at radius 1 is 1.26 bits per heavy atom. The average molecular weight is 264 g/mol. The molecule has 5 atom stereocenters. The molecule has 0 radical (unpaired) electrons. The van der Waals surface area contributed by atoms with E-state index in [9.17, 15) is 15.0 Å². The summed E-state index contributed by atoms with van der Waals surface area (Å²) in [6.07, 6.45) is 3.77. The van der Waals surface area contributed by atoms with Crippen molar-refractivity contribution in [3.63, 3.8) is 0 Å². The van der Waals surface area contributed by atoms with Gasteiger partial charge in [-0.3, -0.25) is 0 Å². The monoisotopic (exact) mass is 264 g/mol. The molecule has 4 aliphatic carbocycles. The fraction of sp³-hybridized carbons (Fsp3) is 0.800. The Morgan fingerprint density at radius 2 is 2.00 bits per heavy atom. The van der Waals surface area contributed by atoms with E-state index in [-0.39, 0.29) is 16.8 Å². The maximum absolute atomic E-state index is 11.5. The van der Waals surface area contributed by atoms with E-state index in [1.54, 1.807) is 6.92 Å². The lowest BCUT2D eigenvalue weighted by Crippen LogP contribution is -2.82. The maximum Gasteiger partial charge on any atom is 0.333 e. The van der Waals surface area contributed by atoms with Gasteiger partial charge in [0.15, 0.2) is 0 Å². The zero-order chi connectivity index (χ0) is 13.7. The number of carbonyl (C=O) groups is 1. The second-order valence-electron chi connectivity index (χ2n) is 7.53. The first-order valence-electron chi connectivity index (χ1n) is 7.03. The van der Waals surface area contributed by atoms with E-state index in [1.165, 1.54) is 0 Å². The third-order valence-corrected chi connectivity index (χ3v) is 6.39. The van der Waals surface area contributed by atoms with Gasteiger partial charge in [0.1, 0.15) is 0 Å². The Kier molecular flexibility index (Phi) is 1.83. The van der Waals surface area contributed by atoms with Crippen molar-refractivity contribution in [1.82, 2.24) is 0 Å². The van der Waals surface area contributed by atoms with Crippen molar-refractivity contribution in [2.24, 2.45) is 16.7 Å². The van der Waals surface area contributed by atoms with Gasteiger partial charge in [-0.25, -0.2) is 4.79 Å². The summed E-state index contributed by atoms with van der Waals surface area (Å²) in [5, 5.41) is 21.2. The number of aliphatic hydroxyl groups is 2. The van der Waals surface area contributed by atoms with Gasteiger partial charge in [0.25, 0.3) is 0 Å². The summed E-state index contributed by atoms with van der Waals surface area (Å²) in [6, 6.07) is 0. The Morgan fingerprint density at radius 3 is 2.53 bits per heavy atom. The minimum atomic E-state index is -0.710. The minimum absolute atomic E-state index is 0.120.